The van der Waals surface area contributed by atoms with Crippen molar-refractivity contribution in [3.05, 3.63) is 41.9 Å². The van der Waals surface area contributed by atoms with Gasteiger partial charge < -0.3 is 4.74 Å². The Bertz CT molecular complexity index is 1010. The second-order valence-electron chi connectivity index (χ2n) is 6.49. The summed E-state index contributed by atoms with van der Waals surface area (Å²) in [6.07, 6.45) is 4.10. The van der Waals surface area contributed by atoms with E-state index < -0.39 is 0 Å². The van der Waals surface area contributed by atoms with Crippen LogP contribution in [0, 0.1) is 0 Å². The molecule has 0 saturated heterocycles. The van der Waals surface area contributed by atoms with E-state index in [1.807, 2.05) is 28.8 Å². The van der Waals surface area contributed by atoms with Gasteiger partial charge >= 0.3 is 0 Å². The Balaban J connectivity index is 1.42. The van der Waals surface area contributed by atoms with E-state index in [-0.39, 0.29) is 11.7 Å². The number of allylic oxidation sites excluding steroid dienone is 1. The summed E-state index contributed by atoms with van der Waals surface area (Å²) >= 11 is 2.77. The van der Waals surface area contributed by atoms with E-state index >= 15 is 0 Å². The number of carbonyl (C=O) groups excluding carboxylic acids is 1. The van der Waals surface area contributed by atoms with Crippen LogP contribution in [0.5, 0.6) is 5.75 Å². The molecule has 1 amide bonds. The van der Waals surface area contributed by atoms with Gasteiger partial charge in [0.2, 0.25) is 11.0 Å². The maximum Gasteiger partial charge on any atom is 0.236 e. The van der Waals surface area contributed by atoms with Crippen LogP contribution in [0.2, 0.25) is 0 Å². The van der Waals surface area contributed by atoms with E-state index in [4.69, 9.17) is 4.74 Å². The average molecular weight is 429 g/mol. The highest BCUT2D eigenvalue weighted by Crippen LogP contribution is 2.42. The monoisotopic (exact) mass is 428 g/mol. The van der Waals surface area contributed by atoms with Crippen LogP contribution in [-0.4, -0.2) is 43.7 Å². The maximum atomic E-state index is 12.3. The topological polar surface area (TPSA) is 94.8 Å². The highest BCUT2D eigenvalue weighted by molar-refractivity contribution is 7.99. The molecule has 2 aromatic heterocycles. The minimum Gasteiger partial charge on any atom is -0.497 e. The van der Waals surface area contributed by atoms with Crippen molar-refractivity contribution in [2.75, 3.05) is 18.2 Å². The SMILES string of the molecule is C=CCn1c(SCC(=O)Nc2nnc(C3CC3)s2)nnc1-c1ccc(OC)cc1. The third kappa shape index (κ3) is 4.65. The predicted octanol–water partition coefficient (Wildman–Crippen LogP) is 3.60. The molecule has 1 fully saturated rings. The molecule has 4 rings (SSSR count). The number of anilines is 1. The van der Waals surface area contributed by atoms with Crippen LogP contribution in [0.1, 0.15) is 23.8 Å². The summed E-state index contributed by atoms with van der Waals surface area (Å²) in [6.45, 7) is 4.35. The Morgan fingerprint density at radius 3 is 2.79 bits per heavy atom. The summed E-state index contributed by atoms with van der Waals surface area (Å²) in [7, 11) is 1.63. The lowest BCUT2D eigenvalue weighted by Crippen LogP contribution is -2.14. The first kappa shape index (κ1) is 19.6. The fraction of sp³-hybridized carbons (Fsp3) is 0.316. The number of aromatic nitrogens is 5. The van der Waals surface area contributed by atoms with Crippen LogP contribution in [0.25, 0.3) is 11.4 Å². The number of thioether (sulfide) groups is 1. The first-order valence-corrected chi connectivity index (χ1v) is 10.9. The molecule has 150 valence electrons. The normalized spacial score (nSPS) is 13.3. The number of methoxy groups -OCH3 is 1. The minimum atomic E-state index is -0.146. The first-order valence-electron chi connectivity index (χ1n) is 9.12. The smallest absolute Gasteiger partial charge is 0.236 e. The molecule has 1 saturated carbocycles. The molecule has 29 heavy (non-hydrogen) atoms. The number of ether oxygens (including phenoxy) is 1. The molecular formula is C19H20N6O2S2. The molecule has 0 radical (unpaired) electrons. The second kappa shape index (κ2) is 8.75. The largest absolute Gasteiger partial charge is 0.497 e. The van der Waals surface area contributed by atoms with Gasteiger partial charge in [-0.25, -0.2) is 0 Å². The Hall–Kier alpha value is -2.72. The lowest BCUT2D eigenvalue weighted by Gasteiger charge is -2.08. The van der Waals surface area contributed by atoms with Crippen LogP contribution >= 0.6 is 23.1 Å². The molecule has 1 aromatic carbocycles. The van der Waals surface area contributed by atoms with E-state index in [0.717, 1.165) is 29.2 Å². The molecule has 0 atom stereocenters. The quantitative estimate of drug-likeness (QED) is 0.411. The fourth-order valence-electron chi connectivity index (χ4n) is 2.71. The van der Waals surface area contributed by atoms with Crippen LogP contribution < -0.4 is 10.1 Å². The van der Waals surface area contributed by atoms with Gasteiger partial charge in [-0.05, 0) is 37.1 Å². The highest BCUT2D eigenvalue weighted by atomic mass is 32.2. The third-order valence-corrected chi connectivity index (χ3v) is 6.29. The van der Waals surface area contributed by atoms with E-state index in [1.54, 1.807) is 13.2 Å². The molecular weight excluding hydrogens is 408 g/mol. The fourth-order valence-corrected chi connectivity index (χ4v) is 4.38. The lowest BCUT2D eigenvalue weighted by molar-refractivity contribution is -0.113. The summed E-state index contributed by atoms with van der Waals surface area (Å²) in [5, 5.41) is 21.8. The minimum absolute atomic E-state index is 0.146. The first-order chi connectivity index (χ1) is 14.2. The molecule has 1 N–H and O–H groups in total. The van der Waals surface area contributed by atoms with E-state index in [1.165, 1.54) is 23.1 Å². The van der Waals surface area contributed by atoms with Crippen LogP contribution in [0.4, 0.5) is 5.13 Å². The van der Waals surface area contributed by atoms with Gasteiger partial charge in [-0.15, -0.1) is 27.0 Å². The van der Waals surface area contributed by atoms with Gasteiger partial charge in [-0.2, -0.15) is 0 Å². The standard InChI is InChI=1S/C19H20N6O2S2/c1-3-10-25-16(12-6-8-14(27-2)9-7-12)21-24-19(25)28-11-15(26)20-18-23-22-17(29-18)13-4-5-13/h3,6-9,13H,1,4-5,10-11H2,2H3,(H,20,23,26). The molecule has 1 aliphatic rings. The number of rotatable bonds is 9. The predicted molar refractivity (Wildman–Crippen MR) is 113 cm³/mol. The molecule has 10 heteroatoms. The molecule has 0 aliphatic heterocycles. The number of carbonyl (C=O) groups is 1. The average Bonchev–Trinajstić information content (AvgIpc) is 3.36. The van der Waals surface area contributed by atoms with E-state index in [2.05, 4.69) is 32.3 Å². The molecule has 0 unspecified atom stereocenters. The Morgan fingerprint density at radius 2 is 2.10 bits per heavy atom. The van der Waals surface area contributed by atoms with Crippen molar-refractivity contribution >= 4 is 34.1 Å². The van der Waals surface area contributed by atoms with E-state index in [0.29, 0.717) is 28.6 Å². The van der Waals surface area contributed by atoms with Gasteiger partial charge in [0.1, 0.15) is 10.8 Å². The van der Waals surface area contributed by atoms with Crippen molar-refractivity contribution in [3.63, 3.8) is 0 Å². The number of amides is 1. The summed E-state index contributed by atoms with van der Waals surface area (Å²) in [6, 6.07) is 7.61. The number of benzene rings is 1. The Kier molecular flexibility index (Phi) is 5.91. The summed E-state index contributed by atoms with van der Waals surface area (Å²) in [5.74, 6) is 2.08. The highest BCUT2D eigenvalue weighted by Gasteiger charge is 2.27. The Morgan fingerprint density at radius 1 is 1.31 bits per heavy atom. The number of nitrogens with zero attached hydrogens (tertiary/aromatic N) is 5. The van der Waals surface area contributed by atoms with Gasteiger partial charge in [0.25, 0.3) is 0 Å². The second-order valence-corrected chi connectivity index (χ2v) is 8.44. The molecule has 0 spiro atoms. The molecule has 8 nitrogen and oxygen atoms in total. The van der Waals surface area contributed by atoms with Crippen molar-refractivity contribution < 1.29 is 9.53 Å². The molecule has 0 bridgehead atoms. The number of hydrogen-bond acceptors (Lipinski definition) is 8. The zero-order chi connectivity index (χ0) is 20.2. The molecule has 1 aliphatic carbocycles. The third-order valence-electron chi connectivity index (χ3n) is 4.32. The van der Waals surface area contributed by atoms with Crippen molar-refractivity contribution in [2.24, 2.45) is 0 Å². The Labute approximate surface area is 176 Å². The van der Waals surface area contributed by atoms with Gasteiger partial charge in [-0.1, -0.05) is 29.2 Å². The van der Waals surface area contributed by atoms with Gasteiger partial charge in [0.15, 0.2) is 11.0 Å². The van der Waals surface area contributed by atoms with Gasteiger partial charge in [0.05, 0.1) is 12.9 Å². The van der Waals surface area contributed by atoms with Gasteiger partial charge in [0, 0.05) is 18.0 Å². The number of hydrogen-bond donors (Lipinski definition) is 1. The lowest BCUT2D eigenvalue weighted by atomic mass is 10.2. The zero-order valence-electron chi connectivity index (χ0n) is 15.9. The summed E-state index contributed by atoms with van der Waals surface area (Å²) in [5.41, 5.74) is 0.915. The summed E-state index contributed by atoms with van der Waals surface area (Å²) < 4.78 is 7.14. The maximum absolute atomic E-state index is 12.3. The summed E-state index contributed by atoms with van der Waals surface area (Å²) in [4.78, 5) is 12.3. The van der Waals surface area contributed by atoms with Crippen molar-refractivity contribution in [3.8, 4) is 17.1 Å². The van der Waals surface area contributed by atoms with Gasteiger partial charge in [-0.3, -0.25) is 14.7 Å². The van der Waals surface area contributed by atoms with Crippen molar-refractivity contribution in [2.45, 2.75) is 30.5 Å². The molecule has 2 heterocycles. The van der Waals surface area contributed by atoms with Crippen LogP contribution in [0.3, 0.4) is 0 Å². The number of nitrogens with one attached hydrogen (secondary N) is 1. The van der Waals surface area contributed by atoms with Crippen LogP contribution in [-0.2, 0) is 11.3 Å². The van der Waals surface area contributed by atoms with E-state index in [9.17, 15) is 4.79 Å². The van der Waals surface area contributed by atoms with Crippen molar-refractivity contribution in [1.29, 1.82) is 0 Å². The van der Waals surface area contributed by atoms with Crippen LogP contribution in [0.15, 0.2) is 42.1 Å². The zero-order valence-corrected chi connectivity index (χ0v) is 17.5. The van der Waals surface area contributed by atoms with Crippen molar-refractivity contribution in [1.82, 2.24) is 25.0 Å². The molecule has 3 aromatic rings.